The summed E-state index contributed by atoms with van der Waals surface area (Å²) in [5, 5.41) is 13.3. The lowest BCUT2D eigenvalue weighted by Crippen LogP contribution is -2.40. The normalized spacial score (nSPS) is 21.6. The molecule has 0 spiro atoms. The van der Waals surface area contributed by atoms with Gasteiger partial charge in [-0.1, -0.05) is 15.9 Å². The van der Waals surface area contributed by atoms with E-state index < -0.39 is 6.10 Å². The molecular formula is C15H22BrNO3. The number of halogens is 1. The second-order valence-corrected chi connectivity index (χ2v) is 6.16. The van der Waals surface area contributed by atoms with Crippen molar-refractivity contribution in [3.05, 3.63) is 28.7 Å². The van der Waals surface area contributed by atoms with Crippen LogP contribution in [0, 0.1) is 5.92 Å². The smallest absolute Gasteiger partial charge is 0.119 e. The van der Waals surface area contributed by atoms with E-state index in [1.807, 2.05) is 24.3 Å². The van der Waals surface area contributed by atoms with Gasteiger partial charge in [-0.15, -0.1) is 0 Å². The fourth-order valence-electron chi connectivity index (χ4n) is 2.22. The number of hydrogen-bond acceptors (Lipinski definition) is 4. The zero-order valence-electron chi connectivity index (χ0n) is 11.7. The Bertz CT molecular complexity index is 393. The predicted molar refractivity (Wildman–Crippen MR) is 82.0 cm³/mol. The third-order valence-corrected chi connectivity index (χ3v) is 4.13. The van der Waals surface area contributed by atoms with Crippen LogP contribution in [0.4, 0.5) is 0 Å². The molecule has 3 atom stereocenters. The van der Waals surface area contributed by atoms with Crippen molar-refractivity contribution in [3.63, 3.8) is 0 Å². The standard InChI is InChI=1S/C15H22BrNO3/c1-11(12-6-7-19-9-12)17-8-14(18)10-20-15-4-2-13(16)3-5-15/h2-5,11-12,14,17-18H,6-10H2,1H3. The van der Waals surface area contributed by atoms with Gasteiger partial charge in [0.05, 0.1) is 6.61 Å². The van der Waals surface area contributed by atoms with Crippen LogP contribution in [0.25, 0.3) is 0 Å². The summed E-state index contributed by atoms with van der Waals surface area (Å²) in [6.45, 7) is 4.64. The first-order valence-electron chi connectivity index (χ1n) is 7.02. The van der Waals surface area contributed by atoms with Gasteiger partial charge in [0.1, 0.15) is 18.5 Å². The van der Waals surface area contributed by atoms with Gasteiger partial charge in [0.2, 0.25) is 0 Å². The van der Waals surface area contributed by atoms with E-state index in [2.05, 4.69) is 28.2 Å². The Labute approximate surface area is 128 Å². The lowest BCUT2D eigenvalue weighted by molar-refractivity contribution is 0.100. The van der Waals surface area contributed by atoms with Gasteiger partial charge in [-0.3, -0.25) is 0 Å². The highest BCUT2D eigenvalue weighted by atomic mass is 79.9. The Kier molecular flexibility index (Phi) is 6.29. The van der Waals surface area contributed by atoms with E-state index in [0.717, 1.165) is 29.9 Å². The fourth-order valence-corrected chi connectivity index (χ4v) is 2.48. The molecule has 0 amide bonds. The summed E-state index contributed by atoms with van der Waals surface area (Å²) in [6.07, 6.45) is 0.586. The molecule has 0 bridgehead atoms. The van der Waals surface area contributed by atoms with Gasteiger partial charge in [0.25, 0.3) is 0 Å². The molecular weight excluding hydrogens is 322 g/mol. The zero-order valence-corrected chi connectivity index (χ0v) is 13.3. The summed E-state index contributed by atoms with van der Waals surface area (Å²) in [5.41, 5.74) is 0. The number of aliphatic hydroxyl groups excluding tert-OH is 1. The summed E-state index contributed by atoms with van der Waals surface area (Å²) in [7, 11) is 0. The first-order valence-corrected chi connectivity index (χ1v) is 7.82. The highest BCUT2D eigenvalue weighted by Crippen LogP contribution is 2.17. The Morgan fingerprint density at radius 2 is 2.20 bits per heavy atom. The Morgan fingerprint density at radius 3 is 2.85 bits per heavy atom. The van der Waals surface area contributed by atoms with Crippen molar-refractivity contribution >= 4 is 15.9 Å². The van der Waals surface area contributed by atoms with E-state index in [4.69, 9.17) is 9.47 Å². The van der Waals surface area contributed by atoms with Crippen LogP contribution in [0.5, 0.6) is 5.75 Å². The molecule has 1 aliphatic rings. The van der Waals surface area contributed by atoms with Crippen molar-refractivity contribution in [3.8, 4) is 5.75 Å². The average molecular weight is 344 g/mol. The highest BCUT2D eigenvalue weighted by Gasteiger charge is 2.22. The van der Waals surface area contributed by atoms with Crippen molar-refractivity contribution in [2.75, 3.05) is 26.4 Å². The quantitative estimate of drug-likeness (QED) is 0.796. The molecule has 1 fully saturated rings. The highest BCUT2D eigenvalue weighted by molar-refractivity contribution is 9.10. The molecule has 1 heterocycles. The third kappa shape index (κ3) is 5.05. The summed E-state index contributed by atoms with van der Waals surface area (Å²) in [4.78, 5) is 0. The monoisotopic (exact) mass is 343 g/mol. The van der Waals surface area contributed by atoms with Gasteiger partial charge in [-0.05, 0) is 43.5 Å². The van der Waals surface area contributed by atoms with Gasteiger partial charge in [-0.2, -0.15) is 0 Å². The third-order valence-electron chi connectivity index (χ3n) is 3.60. The minimum Gasteiger partial charge on any atom is -0.491 e. The van der Waals surface area contributed by atoms with E-state index in [9.17, 15) is 5.11 Å². The molecule has 1 aliphatic heterocycles. The first kappa shape index (κ1) is 15.8. The van der Waals surface area contributed by atoms with Crippen LogP contribution >= 0.6 is 15.9 Å². The van der Waals surface area contributed by atoms with Crippen LogP contribution in [0.3, 0.4) is 0 Å². The molecule has 0 aromatic heterocycles. The van der Waals surface area contributed by atoms with Gasteiger partial charge < -0.3 is 19.9 Å². The lowest BCUT2D eigenvalue weighted by atomic mass is 10.0. The molecule has 0 radical (unpaired) electrons. The van der Waals surface area contributed by atoms with E-state index in [0.29, 0.717) is 25.1 Å². The summed E-state index contributed by atoms with van der Waals surface area (Å²) < 4.78 is 11.9. The Morgan fingerprint density at radius 1 is 1.45 bits per heavy atom. The molecule has 0 aliphatic carbocycles. The number of nitrogens with one attached hydrogen (secondary N) is 1. The maximum absolute atomic E-state index is 9.93. The van der Waals surface area contributed by atoms with Gasteiger partial charge in [0, 0.05) is 23.7 Å². The molecule has 3 unspecified atom stereocenters. The van der Waals surface area contributed by atoms with E-state index in [-0.39, 0.29) is 0 Å². The van der Waals surface area contributed by atoms with Gasteiger partial charge in [-0.25, -0.2) is 0 Å². The van der Waals surface area contributed by atoms with Gasteiger partial charge in [0.15, 0.2) is 0 Å². The molecule has 1 aromatic rings. The molecule has 5 heteroatoms. The SMILES string of the molecule is CC(NCC(O)COc1ccc(Br)cc1)C1CCOC1. The van der Waals surface area contributed by atoms with Crippen molar-refractivity contribution < 1.29 is 14.6 Å². The second-order valence-electron chi connectivity index (χ2n) is 5.24. The summed E-state index contributed by atoms with van der Waals surface area (Å²) >= 11 is 3.37. The first-order chi connectivity index (χ1) is 9.65. The van der Waals surface area contributed by atoms with Crippen LogP contribution in [0.15, 0.2) is 28.7 Å². The maximum atomic E-state index is 9.93. The maximum Gasteiger partial charge on any atom is 0.119 e. The minimum absolute atomic E-state index is 0.294. The topological polar surface area (TPSA) is 50.7 Å². The number of aliphatic hydroxyl groups is 1. The number of rotatable bonds is 7. The molecule has 2 N–H and O–H groups in total. The fraction of sp³-hybridized carbons (Fsp3) is 0.600. The molecule has 20 heavy (non-hydrogen) atoms. The molecule has 0 saturated carbocycles. The van der Waals surface area contributed by atoms with Crippen LogP contribution in [-0.2, 0) is 4.74 Å². The summed E-state index contributed by atoms with van der Waals surface area (Å²) in [6, 6.07) is 7.95. The van der Waals surface area contributed by atoms with Crippen LogP contribution < -0.4 is 10.1 Å². The van der Waals surface area contributed by atoms with Crippen molar-refractivity contribution in [1.82, 2.24) is 5.32 Å². The molecule has 4 nitrogen and oxygen atoms in total. The van der Waals surface area contributed by atoms with Crippen LogP contribution in [0.1, 0.15) is 13.3 Å². The van der Waals surface area contributed by atoms with E-state index in [1.165, 1.54) is 0 Å². The molecule has 1 saturated heterocycles. The largest absolute Gasteiger partial charge is 0.491 e. The van der Waals surface area contributed by atoms with Crippen molar-refractivity contribution in [1.29, 1.82) is 0 Å². The molecule has 2 rings (SSSR count). The Balaban J connectivity index is 1.64. The lowest BCUT2D eigenvalue weighted by Gasteiger charge is -2.21. The number of hydrogen-bond donors (Lipinski definition) is 2. The Hall–Kier alpha value is -0.620. The van der Waals surface area contributed by atoms with E-state index in [1.54, 1.807) is 0 Å². The van der Waals surface area contributed by atoms with Crippen molar-refractivity contribution in [2.45, 2.75) is 25.5 Å². The molecule has 112 valence electrons. The average Bonchev–Trinajstić information content (AvgIpc) is 2.98. The second kappa shape index (κ2) is 7.98. The van der Waals surface area contributed by atoms with Crippen molar-refractivity contribution in [2.24, 2.45) is 5.92 Å². The van der Waals surface area contributed by atoms with Gasteiger partial charge >= 0.3 is 0 Å². The zero-order chi connectivity index (χ0) is 14.4. The number of ether oxygens (including phenoxy) is 2. The van der Waals surface area contributed by atoms with E-state index >= 15 is 0 Å². The predicted octanol–water partition coefficient (Wildman–Crippen LogP) is 2.20. The number of benzene rings is 1. The minimum atomic E-state index is -0.511. The summed E-state index contributed by atoms with van der Waals surface area (Å²) in [5.74, 6) is 1.32. The molecule has 1 aromatic carbocycles. The van der Waals surface area contributed by atoms with Crippen LogP contribution in [0.2, 0.25) is 0 Å². The van der Waals surface area contributed by atoms with Crippen LogP contribution in [-0.4, -0.2) is 43.6 Å².